The molecule has 6 nitrogen and oxygen atoms in total. The normalized spacial score (nSPS) is 14.6. The maximum atomic E-state index is 5.39. The van der Waals surface area contributed by atoms with E-state index in [1.807, 2.05) is 37.3 Å². The molecule has 0 aliphatic carbocycles. The van der Waals surface area contributed by atoms with Gasteiger partial charge in [-0.15, -0.1) is 0 Å². The van der Waals surface area contributed by atoms with E-state index in [9.17, 15) is 0 Å². The summed E-state index contributed by atoms with van der Waals surface area (Å²) in [7, 11) is 1.67. The Morgan fingerprint density at radius 3 is 2.61 bits per heavy atom. The van der Waals surface area contributed by atoms with Crippen LogP contribution in [-0.4, -0.2) is 43.4 Å². The number of hydrogen-bond acceptors (Lipinski definition) is 6. The topological polar surface area (TPSA) is 59.5 Å². The maximum absolute atomic E-state index is 5.39. The lowest BCUT2D eigenvalue weighted by Gasteiger charge is -2.28. The molecule has 2 heterocycles. The molecule has 122 valence electrons. The first-order valence-corrected chi connectivity index (χ1v) is 7.80. The Bertz CT molecular complexity index is 640. The predicted octanol–water partition coefficient (Wildman–Crippen LogP) is 2.24. The first-order valence-electron chi connectivity index (χ1n) is 7.80. The van der Waals surface area contributed by atoms with E-state index in [1.54, 1.807) is 7.11 Å². The third kappa shape index (κ3) is 4.10. The molecule has 1 fully saturated rings. The number of rotatable bonds is 5. The lowest BCUT2D eigenvalue weighted by molar-refractivity contribution is 0.122. The standard InChI is InChI=1S/C17H22N4O2/c1-13-19-16(11-17(20-13)21-7-9-23-10-8-21)18-12-14-3-5-15(22-2)6-4-14/h3-6,11H,7-10,12H2,1-2H3,(H,18,19,20). The van der Waals surface area contributed by atoms with Gasteiger partial charge >= 0.3 is 0 Å². The van der Waals surface area contributed by atoms with Gasteiger partial charge in [0.25, 0.3) is 0 Å². The van der Waals surface area contributed by atoms with Crippen molar-refractivity contribution in [3.63, 3.8) is 0 Å². The van der Waals surface area contributed by atoms with E-state index in [1.165, 1.54) is 5.56 Å². The molecule has 3 rings (SSSR count). The van der Waals surface area contributed by atoms with Crippen LogP contribution in [0.1, 0.15) is 11.4 Å². The van der Waals surface area contributed by atoms with Gasteiger partial charge in [0.2, 0.25) is 0 Å². The highest BCUT2D eigenvalue weighted by atomic mass is 16.5. The fourth-order valence-corrected chi connectivity index (χ4v) is 2.53. The number of methoxy groups -OCH3 is 1. The predicted molar refractivity (Wildman–Crippen MR) is 90.1 cm³/mol. The summed E-state index contributed by atoms with van der Waals surface area (Å²) in [5, 5.41) is 3.37. The van der Waals surface area contributed by atoms with Crippen LogP contribution >= 0.6 is 0 Å². The van der Waals surface area contributed by atoms with Crippen molar-refractivity contribution in [1.82, 2.24) is 9.97 Å². The van der Waals surface area contributed by atoms with Crippen LogP contribution in [0.25, 0.3) is 0 Å². The zero-order valence-corrected chi connectivity index (χ0v) is 13.6. The Morgan fingerprint density at radius 2 is 1.91 bits per heavy atom. The number of aryl methyl sites for hydroxylation is 1. The number of ether oxygens (including phenoxy) is 2. The van der Waals surface area contributed by atoms with Crippen molar-refractivity contribution in [2.75, 3.05) is 43.6 Å². The quantitative estimate of drug-likeness (QED) is 0.913. The molecule has 23 heavy (non-hydrogen) atoms. The van der Waals surface area contributed by atoms with Crippen molar-refractivity contribution in [2.24, 2.45) is 0 Å². The van der Waals surface area contributed by atoms with Gasteiger partial charge in [0.1, 0.15) is 23.2 Å². The highest BCUT2D eigenvalue weighted by molar-refractivity contribution is 5.50. The molecule has 1 N–H and O–H groups in total. The minimum atomic E-state index is 0.711. The summed E-state index contributed by atoms with van der Waals surface area (Å²) in [5.41, 5.74) is 1.18. The van der Waals surface area contributed by atoms with E-state index in [2.05, 4.69) is 20.2 Å². The lowest BCUT2D eigenvalue weighted by Crippen LogP contribution is -2.37. The number of morpholine rings is 1. The zero-order chi connectivity index (χ0) is 16.1. The largest absolute Gasteiger partial charge is 0.497 e. The Balaban J connectivity index is 1.68. The highest BCUT2D eigenvalue weighted by Gasteiger charge is 2.14. The van der Waals surface area contributed by atoms with Gasteiger partial charge in [0.05, 0.1) is 20.3 Å². The van der Waals surface area contributed by atoms with Gasteiger partial charge < -0.3 is 19.7 Å². The van der Waals surface area contributed by atoms with Crippen LogP contribution in [0.3, 0.4) is 0 Å². The number of nitrogens with one attached hydrogen (secondary N) is 1. The lowest BCUT2D eigenvalue weighted by atomic mass is 10.2. The van der Waals surface area contributed by atoms with E-state index in [-0.39, 0.29) is 0 Å². The van der Waals surface area contributed by atoms with Crippen molar-refractivity contribution in [2.45, 2.75) is 13.5 Å². The van der Waals surface area contributed by atoms with Gasteiger partial charge in [-0.25, -0.2) is 9.97 Å². The van der Waals surface area contributed by atoms with Gasteiger partial charge in [0, 0.05) is 25.7 Å². The van der Waals surface area contributed by atoms with E-state index >= 15 is 0 Å². The summed E-state index contributed by atoms with van der Waals surface area (Å²) in [6, 6.07) is 10.0. The van der Waals surface area contributed by atoms with Crippen LogP contribution in [0.2, 0.25) is 0 Å². The Morgan fingerprint density at radius 1 is 1.17 bits per heavy atom. The minimum Gasteiger partial charge on any atom is -0.497 e. The molecular weight excluding hydrogens is 292 g/mol. The molecule has 0 bridgehead atoms. The molecule has 1 saturated heterocycles. The molecule has 0 atom stereocenters. The molecule has 1 aliphatic rings. The summed E-state index contributed by atoms with van der Waals surface area (Å²) in [6.45, 7) is 5.86. The molecule has 0 saturated carbocycles. The Labute approximate surface area is 136 Å². The Kier molecular flexibility index (Phi) is 4.92. The first-order chi connectivity index (χ1) is 11.2. The van der Waals surface area contributed by atoms with Crippen LogP contribution in [0, 0.1) is 6.92 Å². The molecule has 6 heteroatoms. The average Bonchev–Trinajstić information content (AvgIpc) is 2.61. The Hall–Kier alpha value is -2.34. The van der Waals surface area contributed by atoms with Gasteiger partial charge in [-0.2, -0.15) is 0 Å². The van der Waals surface area contributed by atoms with Crippen molar-refractivity contribution in [1.29, 1.82) is 0 Å². The third-order valence-corrected chi connectivity index (χ3v) is 3.79. The number of aromatic nitrogens is 2. The fourth-order valence-electron chi connectivity index (χ4n) is 2.53. The molecule has 0 unspecified atom stereocenters. The van der Waals surface area contributed by atoms with E-state index in [4.69, 9.17) is 9.47 Å². The smallest absolute Gasteiger partial charge is 0.134 e. The van der Waals surface area contributed by atoms with Crippen LogP contribution < -0.4 is 15.0 Å². The summed E-state index contributed by atoms with van der Waals surface area (Å²) in [4.78, 5) is 11.2. The van der Waals surface area contributed by atoms with Crippen molar-refractivity contribution >= 4 is 11.6 Å². The van der Waals surface area contributed by atoms with Gasteiger partial charge in [-0.1, -0.05) is 12.1 Å². The number of benzene rings is 1. The average molecular weight is 314 g/mol. The van der Waals surface area contributed by atoms with Crippen molar-refractivity contribution in [3.05, 3.63) is 41.7 Å². The third-order valence-electron chi connectivity index (χ3n) is 3.79. The van der Waals surface area contributed by atoms with Crippen LogP contribution in [0.4, 0.5) is 11.6 Å². The van der Waals surface area contributed by atoms with E-state index in [0.717, 1.165) is 49.5 Å². The molecule has 0 radical (unpaired) electrons. The molecule has 0 spiro atoms. The highest BCUT2D eigenvalue weighted by Crippen LogP contribution is 2.18. The maximum Gasteiger partial charge on any atom is 0.134 e. The first kappa shape index (κ1) is 15.6. The summed E-state index contributed by atoms with van der Waals surface area (Å²) < 4.78 is 10.6. The molecule has 1 aromatic carbocycles. The van der Waals surface area contributed by atoms with Crippen LogP contribution in [0.15, 0.2) is 30.3 Å². The summed E-state index contributed by atoms with van der Waals surface area (Å²) in [6.07, 6.45) is 0. The number of anilines is 2. The van der Waals surface area contributed by atoms with Gasteiger partial charge in [-0.05, 0) is 24.6 Å². The van der Waals surface area contributed by atoms with Crippen LogP contribution in [0.5, 0.6) is 5.75 Å². The van der Waals surface area contributed by atoms with Crippen molar-refractivity contribution < 1.29 is 9.47 Å². The second kappa shape index (κ2) is 7.28. The molecule has 2 aromatic rings. The monoisotopic (exact) mass is 314 g/mol. The van der Waals surface area contributed by atoms with E-state index < -0.39 is 0 Å². The zero-order valence-electron chi connectivity index (χ0n) is 13.6. The SMILES string of the molecule is COc1ccc(CNc2cc(N3CCOCC3)nc(C)n2)cc1. The molecule has 0 amide bonds. The van der Waals surface area contributed by atoms with E-state index in [0.29, 0.717) is 6.54 Å². The van der Waals surface area contributed by atoms with Gasteiger partial charge in [-0.3, -0.25) is 0 Å². The van der Waals surface area contributed by atoms with Gasteiger partial charge in [0.15, 0.2) is 0 Å². The summed E-state index contributed by atoms with van der Waals surface area (Å²) in [5.74, 6) is 3.43. The fraction of sp³-hybridized carbons (Fsp3) is 0.412. The minimum absolute atomic E-state index is 0.711. The number of nitrogens with zero attached hydrogens (tertiary/aromatic N) is 3. The second-order valence-electron chi connectivity index (χ2n) is 5.46. The summed E-state index contributed by atoms with van der Waals surface area (Å²) >= 11 is 0. The van der Waals surface area contributed by atoms with Crippen molar-refractivity contribution in [3.8, 4) is 5.75 Å². The molecule has 1 aromatic heterocycles. The molecular formula is C17H22N4O2. The van der Waals surface area contributed by atoms with Crippen LogP contribution in [-0.2, 0) is 11.3 Å². The number of hydrogen-bond donors (Lipinski definition) is 1. The molecule has 1 aliphatic heterocycles. The second-order valence-corrected chi connectivity index (χ2v) is 5.46.